The standard InChI is InChI=1S/C12H22N2O/c1-13-10-3-9-4-11(6-10,14-2)8-12(15,5-9)7-10/h9,13-15H,3-8H2,1-2H3. The molecule has 0 aliphatic heterocycles. The van der Waals surface area contributed by atoms with Gasteiger partial charge in [-0.1, -0.05) is 0 Å². The second kappa shape index (κ2) is 2.76. The molecule has 3 N–H and O–H groups in total. The Hall–Kier alpha value is -0.120. The second-order valence-corrected chi connectivity index (χ2v) is 6.29. The summed E-state index contributed by atoms with van der Waals surface area (Å²) in [5, 5.41) is 17.6. The number of rotatable bonds is 2. The van der Waals surface area contributed by atoms with Gasteiger partial charge in [0.05, 0.1) is 5.60 Å². The van der Waals surface area contributed by atoms with Gasteiger partial charge in [-0.3, -0.25) is 0 Å². The van der Waals surface area contributed by atoms with Crippen molar-refractivity contribution >= 4 is 0 Å². The summed E-state index contributed by atoms with van der Waals surface area (Å²) in [4.78, 5) is 0. The SMILES string of the molecule is CNC12CC3CC(O)(C1)CC(NC)(C3)C2. The molecule has 3 heteroatoms. The van der Waals surface area contributed by atoms with Gasteiger partial charge in [0.2, 0.25) is 0 Å². The summed E-state index contributed by atoms with van der Waals surface area (Å²) in [6.07, 6.45) is 6.64. The van der Waals surface area contributed by atoms with Gasteiger partial charge < -0.3 is 15.7 Å². The molecule has 0 aromatic heterocycles. The van der Waals surface area contributed by atoms with Crippen LogP contribution in [-0.2, 0) is 0 Å². The molecule has 4 aliphatic carbocycles. The Morgan fingerprint density at radius 1 is 0.933 bits per heavy atom. The zero-order chi connectivity index (χ0) is 10.7. The van der Waals surface area contributed by atoms with Crippen LogP contribution >= 0.6 is 0 Å². The Labute approximate surface area is 91.6 Å². The molecule has 0 amide bonds. The first kappa shape index (κ1) is 10.1. The molecule has 0 aromatic carbocycles. The highest BCUT2D eigenvalue weighted by Crippen LogP contribution is 2.58. The van der Waals surface area contributed by atoms with E-state index in [-0.39, 0.29) is 11.1 Å². The van der Waals surface area contributed by atoms with Crippen molar-refractivity contribution in [2.75, 3.05) is 14.1 Å². The van der Waals surface area contributed by atoms with Crippen molar-refractivity contribution in [1.29, 1.82) is 0 Å². The number of aliphatic hydroxyl groups is 1. The zero-order valence-electron chi connectivity index (χ0n) is 9.77. The van der Waals surface area contributed by atoms with Crippen LogP contribution in [0.4, 0.5) is 0 Å². The van der Waals surface area contributed by atoms with E-state index >= 15 is 0 Å². The Morgan fingerprint density at radius 3 is 1.87 bits per heavy atom. The van der Waals surface area contributed by atoms with E-state index in [1.807, 2.05) is 0 Å². The lowest BCUT2D eigenvalue weighted by molar-refractivity contribution is -0.156. The summed E-state index contributed by atoms with van der Waals surface area (Å²) in [6.45, 7) is 0. The third-order valence-electron chi connectivity index (χ3n) is 5.10. The molecule has 0 saturated heterocycles. The van der Waals surface area contributed by atoms with Gasteiger partial charge in [-0.15, -0.1) is 0 Å². The smallest absolute Gasteiger partial charge is 0.0685 e. The summed E-state index contributed by atoms with van der Waals surface area (Å²) in [6, 6.07) is 0. The molecule has 2 atom stereocenters. The highest BCUT2D eigenvalue weighted by atomic mass is 16.3. The molecular formula is C12H22N2O. The fourth-order valence-electron chi connectivity index (χ4n) is 4.94. The van der Waals surface area contributed by atoms with Gasteiger partial charge in [-0.2, -0.15) is 0 Å². The van der Waals surface area contributed by atoms with E-state index in [0.717, 1.165) is 19.3 Å². The largest absolute Gasteiger partial charge is 0.390 e. The number of hydrogen-bond acceptors (Lipinski definition) is 3. The highest BCUT2D eigenvalue weighted by Gasteiger charge is 2.62. The third kappa shape index (κ3) is 1.30. The molecule has 2 unspecified atom stereocenters. The third-order valence-corrected chi connectivity index (χ3v) is 5.10. The molecule has 4 saturated carbocycles. The van der Waals surface area contributed by atoms with Crippen molar-refractivity contribution in [2.45, 2.75) is 55.2 Å². The Balaban J connectivity index is 2.00. The molecule has 0 heterocycles. The van der Waals surface area contributed by atoms with Gasteiger partial charge in [0.1, 0.15) is 0 Å². The van der Waals surface area contributed by atoms with Crippen molar-refractivity contribution in [2.24, 2.45) is 5.92 Å². The van der Waals surface area contributed by atoms with E-state index in [1.54, 1.807) is 0 Å². The van der Waals surface area contributed by atoms with Crippen molar-refractivity contribution in [3.8, 4) is 0 Å². The summed E-state index contributed by atoms with van der Waals surface area (Å²) in [7, 11) is 4.11. The number of hydrogen-bond donors (Lipinski definition) is 3. The molecule has 4 aliphatic rings. The lowest BCUT2D eigenvalue weighted by Gasteiger charge is -2.65. The normalized spacial score (nSPS) is 57.4. The molecule has 86 valence electrons. The molecular weight excluding hydrogens is 188 g/mol. The van der Waals surface area contributed by atoms with Crippen LogP contribution in [0.5, 0.6) is 0 Å². The van der Waals surface area contributed by atoms with Crippen LogP contribution in [0.1, 0.15) is 38.5 Å². The highest BCUT2D eigenvalue weighted by molar-refractivity contribution is 5.19. The minimum Gasteiger partial charge on any atom is -0.390 e. The first-order valence-electron chi connectivity index (χ1n) is 6.13. The maximum atomic E-state index is 10.6. The van der Waals surface area contributed by atoms with E-state index in [2.05, 4.69) is 24.7 Å². The predicted molar refractivity (Wildman–Crippen MR) is 59.7 cm³/mol. The first-order valence-corrected chi connectivity index (χ1v) is 6.13. The molecule has 3 nitrogen and oxygen atoms in total. The first-order chi connectivity index (χ1) is 7.03. The van der Waals surface area contributed by atoms with Crippen LogP contribution < -0.4 is 10.6 Å². The van der Waals surface area contributed by atoms with Crippen LogP contribution in [0.25, 0.3) is 0 Å². The molecule has 4 rings (SSSR count). The Morgan fingerprint density at radius 2 is 1.47 bits per heavy atom. The zero-order valence-corrected chi connectivity index (χ0v) is 9.77. The van der Waals surface area contributed by atoms with E-state index in [4.69, 9.17) is 0 Å². The van der Waals surface area contributed by atoms with Gasteiger partial charge in [-0.05, 0) is 58.5 Å². The fraction of sp³-hybridized carbons (Fsp3) is 1.00. The van der Waals surface area contributed by atoms with E-state index < -0.39 is 5.60 Å². The van der Waals surface area contributed by atoms with Gasteiger partial charge in [0, 0.05) is 11.1 Å². The summed E-state index contributed by atoms with van der Waals surface area (Å²) in [5.41, 5.74) is 0.0137. The fourth-order valence-corrected chi connectivity index (χ4v) is 4.94. The van der Waals surface area contributed by atoms with Crippen molar-refractivity contribution in [3.05, 3.63) is 0 Å². The molecule has 0 radical (unpaired) electrons. The lowest BCUT2D eigenvalue weighted by Crippen LogP contribution is -2.72. The summed E-state index contributed by atoms with van der Waals surface area (Å²) < 4.78 is 0. The Bertz CT molecular complexity index is 271. The minimum atomic E-state index is -0.397. The van der Waals surface area contributed by atoms with Gasteiger partial charge >= 0.3 is 0 Å². The van der Waals surface area contributed by atoms with Crippen LogP contribution in [0.3, 0.4) is 0 Å². The second-order valence-electron chi connectivity index (χ2n) is 6.29. The van der Waals surface area contributed by atoms with E-state index in [0.29, 0.717) is 5.92 Å². The summed E-state index contributed by atoms with van der Waals surface area (Å²) in [5.74, 6) is 0.714. The van der Waals surface area contributed by atoms with Gasteiger partial charge in [0.25, 0.3) is 0 Å². The minimum absolute atomic E-state index is 0.206. The monoisotopic (exact) mass is 210 g/mol. The maximum Gasteiger partial charge on any atom is 0.0685 e. The van der Waals surface area contributed by atoms with Crippen LogP contribution in [0, 0.1) is 5.92 Å². The van der Waals surface area contributed by atoms with E-state index in [9.17, 15) is 5.11 Å². The van der Waals surface area contributed by atoms with Gasteiger partial charge in [-0.25, -0.2) is 0 Å². The average molecular weight is 210 g/mol. The molecule has 4 fully saturated rings. The molecule has 15 heavy (non-hydrogen) atoms. The van der Waals surface area contributed by atoms with Crippen molar-refractivity contribution in [3.63, 3.8) is 0 Å². The maximum absolute atomic E-state index is 10.6. The average Bonchev–Trinajstić information content (AvgIpc) is 2.14. The van der Waals surface area contributed by atoms with Crippen LogP contribution in [-0.4, -0.2) is 35.9 Å². The number of nitrogens with one attached hydrogen (secondary N) is 2. The van der Waals surface area contributed by atoms with Crippen molar-refractivity contribution in [1.82, 2.24) is 10.6 Å². The van der Waals surface area contributed by atoms with E-state index in [1.165, 1.54) is 19.3 Å². The van der Waals surface area contributed by atoms with Crippen LogP contribution in [0.15, 0.2) is 0 Å². The topological polar surface area (TPSA) is 44.3 Å². The summed E-state index contributed by atoms with van der Waals surface area (Å²) >= 11 is 0. The molecule has 0 spiro atoms. The molecule has 4 bridgehead atoms. The molecule has 0 aromatic rings. The van der Waals surface area contributed by atoms with Crippen LogP contribution in [0.2, 0.25) is 0 Å². The van der Waals surface area contributed by atoms with Gasteiger partial charge in [0.15, 0.2) is 0 Å². The Kier molecular flexibility index (Phi) is 1.85. The predicted octanol–water partition coefficient (Wildman–Crippen LogP) is 0.631. The lowest BCUT2D eigenvalue weighted by atomic mass is 9.48. The quantitative estimate of drug-likeness (QED) is 0.626. The van der Waals surface area contributed by atoms with Crippen molar-refractivity contribution < 1.29 is 5.11 Å².